The van der Waals surface area contributed by atoms with Gasteiger partial charge < -0.3 is 15.8 Å². The van der Waals surface area contributed by atoms with Crippen LogP contribution in [0.2, 0.25) is 0 Å². The van der Waals surface area contributed by atoms with Crippen molar-refractivity contribution in [1.29, 1.82) is 0 Å². The normalized spacial score (nSPS) is 9.95. The van der Waals surface area contributed by atoms with Crippen molar-refractivity contribution in [2.75, 3.05) is 12.8 Å². The standard InChI is InChI=1S/C14H15N3O2/c1-19-14-12(6-3-7-16-14)13(18)17-9-10-4-2-5-11(15)8-10/h2-8H,9,15H2,1H3,(H,17,18). The van der Waals surface area contributed by atoms with E-state index in [9.17, 15) is 4.79 Å². The molecule has 0 fully saturated rings. The second-order valence-corrected chi connectivity index (χ2v) is 3.99. The maximum atomic E-state index is 12.0. The second kappa shape index (κ2) is 5.86. The molecule has 0 saturated heterocycles. The number of nitrogens with zero attached hydrogens (tertiary/aromatic N) is 1. The molecular weight excluding hydrogens is 242 g/mol. The number of benzene rings is 1. The molecule has 98 valence electrons. The Morgan fingerprint density at radius 1 is 1.37 bits per heavy atom. The number of nitrogens with two attached hydrogens (primary N) is 1. The van der Waals surface area contributed by atoms with E-state index in [2.05, 4.69) is 10.3 Å². The molecule has 0 bridgehead atoms. The van der Waals surface area contributed by atoms with Crippen molar-refractivity contribution in [3.63, 3.8) is 0 Å². The fourth-order valence-corrected chi connectivity index (χ4v) is 1.71. The lowest BCUT2D eigenvalue weighted by molar-refractivity contribution is 0.0947. The number of ether oxygens (including phenoxy) is 1. The van der Waals surface area contributed by atoms with Crippen molar-refractivity contribution >= 4 is 11.6 Å². The zero-order valence-electron chi connectivity index (χ0n) is 10.6. The Kier molecular flexibility index (Phi) is 3.97. The predicted molar refractivity (Wildman–Crippen MR) is 72.8 cm³/mol. The van der Waals surface area contributed by atoms with E-state index < -0.39 is 0 Å². The molecule has 0 spiro atoms. The van der Waals surface area contributed by atoms with E-state index in [-0.39, 0.29) is 5.91 Å². The maximum absolute atomic E-state index is 12.0. The summed E-state index contributed by atoms with van der Waals surface area (Å²) in [4.78, 5) is 16.0. The Balaban J connectivity index is 2.05. The van der Waals surface area contributed by atoms with Crippen LogP contribution in [0.15, 0.2) is 42.6 Å². The molecule has 1 aromatic heterocycles. The summed E-state index contributed by atoms with van der Waals surface area (Å²) in [6.45, 7) is 0.405. The van der Waals surface area contributed by atoms with Crippen LogP contribution in [0.5, 0.6) is 5.88 Å². The molecule has 0 radical (unpaired) electrons. The highest BCUT2D eigenvalue weighted by atomic mass is 16.5. The number of hydrogen-bond acceptors (Lipinski definition) is 4. The smallest absolute Gasteiger partial charge is 0.257 e. The number of carbonyl (C=O) groups excluding carboxylic acids is 1. The summed E-state index contributed by atoms with van der Waals surface area (Å²) in [6.07, 6.45) is 1.58. The lowest BCUT2D eigenvalue weighted by atomic mass is 10.2. The summed E-state index contributed by atoms with van der Waals surface area (Å²) in [5.74, 6) is 0.0833. The largest absolute Gasteiger partial charge is 0.480 e. The van der Waals surface area contributed by atoms with Gasteiger partial charge in [-0.05, 0) is 29.8 Å². The Morgan fingerprint density at radius 2 is 2.21 bits per heavy atom. The van der Waals surface area contributed by atoms with E-state index in [4.69, 9.17) is 10.5 Å². The number of aromatic nitrogens is 1. The number of hydrogen-bond donors (Lipinski definition) is 2. The molecule has 5 heteroatoms. The van der Waals surface area contributed by atoms with Crippen LogP contribution in [-0.4, -0.2) is 18.0 Å². The summed E-state index contributed by atoms with van der Waals surface area (Å²) in [5.41, 5.74) is 7.70. The van der Waals surface area contributed by atoms with E-state index in [1.54, 1.807) is 24.4 Å². The monoisotopic (exact) mass is 257 g/mol. The third-order valence-corrected chi connectivity index (χ3v) is 2.61. The highest BCUT2D eigenvalue weighted by Crippen LogP contribution is 2.13. The molecule has 3 N–H and O–H groups in total. The minimum absolute atomic E-state index is 0.229. The third-order valence-electron chi connectivity index (χ3n) is 2.61. The van der Waals surface area contributed by atoms with Gasteiger partial charge in [0.2, 0.25) is 5.88 Å². The Bertz CT molecular complexity index is 584. The molecule has 0 aliphatic rings. The van der Waals surface area contributed by atoms with Crippen LogP contribution in [-0.2, 0) is 6.54 Å². The zero-order chi connectivity index (χ0) is 13.7. The Hall–Kier alpha value is -2.56. The summed E-state index contributed by atoms with van der Waals surface area (Å²) in [6, 6.07) is 10.7. The molecule has 1 heterocycles. The van der Waals surface area contributed by atoms with Crippen molar-refractivity contribution < 1.29 is 9.53 Å². The first kappa shape index (κ1) is 12.9. The number of nitrogen functional groups attached to an aromatic ring is 1. The molecule has 2 aromatic rings. The van der Waals surface area contributed by atoms with E-state index in [0.29, 0.717) is 23.7 Å². The van der Waals surface area contributed by atoms with E-state index >= 15 is 0 Å². The second-order valence-electron chi connectivity index (χ2n) is 3.99. The SMILES string of the molecule is COc1ncccc1C(=O)NCc1cccc(N)c1. The molecule has 1 aromatic carbocycles. The molecule has 2 rings (SSSR count). The molecule has 0 unspecified atom stereocenters. The van der Waals surface area contributed by atoms with Gasteiger partial charge in [0.05, 0.1) is 7.11 Å². The van der Waals surface area contributed by atoms with Gasteiger partial charge in [-0.25, -0.2) is 4.98 Å². The number of pyridine rings is 1. The molecule has 0 atom stereocenters. The molecule has 5 nitrogen and oxygen atoms in total. The first-order valence-electron chi connectivity index (χ1n) is 5.82. The number of nitrogens with one attached hydrogen (secondary N) is 1. The van der Waals surface area contributed by atoms with Crippen molar-refractivity contribution in [3.8, 4) is 5.88 Å². The fourth-order valence-electron chi connectivity index (χ4n) is 1.71. The molecule has 19 heavy (non-hydrogen) atoms. The highest BCUT2D eigenvalue weighted by Gasteiger charge is 2.12. The first-order valence-corrected chi connectivity index (χ1v) is 5.82. The van der Waals surface area contributed by atoms with Crippen LogP contribution in [0.3, 0.4) is 0 Å². The minimum Gasteiger partial charge on any atom is -0.480 e. The van der Waals surface area contributed by atoms with E-state index in [1.165, 1.54) is 7.11 Å². The summed E-state index contributed by atoms with van der Waals surface area (Å²) < 4.78 is 5.05. The average Bonchev–Trinajstić information content (AvgIpc) is 2.45. The fraction of sp³-hybridized carbons (Fsp3) is 0.143. The van der Waals surface area contributed by atoms with Gasteiger partial charge >= 0.3 is 0 Å². The number of rotatable bonds is 4. The van der Waals surface area contributed by atoms with Gasteiger partial charge in [-0.3, -0.25) is 4.79 Å². The first-order chi connectivity index (χ1) is 9.20. The lowest BCUT2D eigenvalue weighted by Gasteiger charge is -2.08. The predicted octanol–water partition coefficient (Wildman–Crippen LogP) is 1.60. The molecule has 1 amide bonds. The highest BCUT2D eigenvalue weighted by molar-refractivity contribution is 5.96. The van der Waals surface area contributed by atoms with Gasteiger partial charge in [-0.2, -0.15) is 0 Å². The quantitative estimate of drug-likeness (QED) is 0.816. The van der Waals surface area contributed by atoms with Crippen LogP contribution in [0.25, 0.3) is 0 Å². The average molecular weight is 257 g/mol. The topological polar surface area (TPSA) is 77.2 Å². The number of anilines is 1. The van der Waals surface area contributed by atoms with Gasteiger partial charge in [-0.1, -0.05) is 12.1 Å². The van der Waals surface area contributed by atoms with Crippen LogP contribution in [0, 0.1) is 0 Å². The van der Waals surface area contributed by atoms with Crippen LogP contribution < -0.4 is 15.8 Å². The number of methoxy groups -OCH3 is 1. The van der Waals surface area contributed by atoms with Gasteiger partial charge in [0, 0.05) is 18.4 Å². The summed E-state index contributed by atoms with van der Waals surface area (Å²) in [7, 11) is 1.48. The lowest BCUT2D eigenvalue weighted by Crippen LogP contribution is -2.23. The van der Waals surface area contributed by atoms with Gasteiger partial charge in [0.25, 0.3) is 5.91 Å². The maximum Gasteiger partial charge on any atom is 0.257 e. The van der Waals surface area contributed by atoms with Gasteiger partial charge in [-0.15, -0.1) is 0 Å². The number of amides is 1. The van der Waals surface area contributed by atoms with Crippen molar-refractivity contribution in [3.05, 3.63) is 53.7 Å². The molecular formula is C14H15N3O2. The summed E-state index contributed by atoms with van der Waals surface area (Å²) in [5, 5.41) is 2.80. The van der Waals surface area contributed by atoms with E-state index in [1.807, 2.05) is 18.2 Å². The van der Waals surface area contributed by atoms with Gasteiger partial charge in [0.1, 0.15) is 5.56 Å². The Morgan fingerprint density at radius 3 is 2.95 bits per heavy atom. The third kappa shape index (κ3) is 3.22. The van der Waals surface area contributed by atoms with E-state index in [0.717, 1.165) is 5.56 Å². The molecule has 0 aliphatic carbocycles. The number of carbonyl (C=O) groups is 1. The molecule has 0 saturated carbocycles. The Labute approximate surface area is 111 Å². The molecule has 0 aliphatic heterocycles. The van der Waals surface area contributed by atoms with Crippen LogP contribution in [0.1, 0.15) is 15.9 Å². The van der Waals surface area contributed by atoms with Crippen molar-refractivity contribution in [2.45, 2.75) is 6.54 Å². The van der Waals surface area contributed by atoms with Crippen LogP contribution >= 0.6 is 0 Å². The zero-order valence-corrected chi connectivity index (χ0v) is 10.6. The minimum atomic E-state index is -0.229. The van der Waals surface area contributed by atoms with Gasteiger partial charge in [0.15, 0.2) is 0 Å². The summed E-state index contributed by atoms with van der Waals surface area (Å²) >= 11 is 0. The van der Waals surface area contributed by atoms with Crippen LogP contribution in [0.4, 0.5) is 5.69 Å². The van der Waals surface area contributed by atoms with Crippen molar-refractivity contribution in [2.24, 2.45) is 0 Å². The van der Waals surface area contributed by atoms with Crippen molar-refractivity contribution in [1.82, 2.24) is 10.3 Å².